The molecular formula is C22H38O2. The number of rotatable bonds is 9. The van der Waals surface area contributed by atoms with E-state index >= 15 is 0 Å². The summed E-state index contributed by atoms with van der Waals surface area (Å²) in [6, 6.07) is 0. The summed E-state index contributed by atoms with van der Waals surface area (Å²) in [6.07, 6.45) is 19.6. The molecule has 0 aromatic rings. The molecule has 0 heterocycles. The van der Waals surface area contributed by atoms with Crippen LogP contribution in [0, 0.1) is 23.7 Å². The van der Waals surface area contributed by atoms with Gasteiger partial charge in [0.25, 0.3) is 0 Å². The Kier molecular flexibility index (Phi) is 9.75. The maximum absolute atomic E-state index is 5.76. The molecule has 2 aliphatic rings. The van der Waals surface area contributed by atoms with Crippen LogP contribution in [-0.2, 0) is 9.47 Å². The Bertz CT molecular complexity index is 322. The fourth-order valence-electron chi connectivity index (χ4n) is 4.45. The van der Waals surface area contributed by atoms with E-state index in [0.29, 0.717) is 0 Å². The predicted octanol–water partition coefficient (Wildman–Crippen LogP) is 5.78. The van der Waals surface area contributed by atoms with Crippen LogP contribution < -0.4 is 0 Å². The Morgan fingerprint density at radius 3 is 1.33 bits per heavy atom. The van der Waals surface area contributed by atoms with Gasteiger partial charge in [0, 0.05) is 13.2 Å². The maximum atomic E-state index is 5.76. The van der Waals surface area contributed by atoms with Crippen LogP contribution in [0.1, 0.15) is 65.2 Å². The van der Waals surface area contributed by atoms with Gasteiger partial charge < -0.3 is 9.47 Å². The second-order valence-electron chi connectivity index (χ2n) is 7.77. The number of allylic oxidation sites excluding steroid dienone is 2. The lowest BCUT2D eigenvalue weighted by atomic mass is 9.69. The predicted molar refractivity (Wildman–Crippen MR) is 102 cm³/mol. The SMILES string of the molecule is C/C=C\COCC1CCC(C2CCC(COC/C=C\C)CC2)CC1. The fourth-order valence-corrected chi connectivity index (χ4v) is 4.45. The monoisotopic (exact) mass is 334 g/mol. The van der Waals surface area contributed by atoms with Crippen LogP contribution in [0.2, 0.25) is 0 Å². The highest BCUT2D eigenvalue weighted by molar-refractivity contribution is 4.83. The zero-order valence-electron chi connectivity index (χ0n) is 15.9. The molecular weight excluding hydrogens is 296 g/mol. The lowest BCUT2D eigenvalue weighted by Gasteiger charge is -2.37. The van der Waals surface area contributed by atoms with Crippen LogP contribution in [0.15, 0.2) is 24.3 Å². The van der Waals surface area contributed by atoms with Gasteiger partial charge in [-0.15, -0.1) is 0 Å². The first-order valence-corrected chi connectivity index (χ1v) is 10.2. The van der Waals surface area contributed by atoms with Gasteiger partial charge in [0.15, 0.2) is 0 Å². The van der Waals surface area contributed by atoms with E-state index in [1.54, 1.807) is 0 Å². The minimum atomic E-state index is 0.788. The van der Waals surface area contributed by atoms with Gasteiger partial charge in [-0.05, 0) is 88.9 Å². The van der Waals surface area contributed by atoms with Crippen molar-refractivity contribution in [2.24, 2.45) is 23.7 Å². The van der Waals surface area contributed by atoms with E-state index in [1.807, 2.05) is 0 Å². The highest BCUT2D eigenvalue weighted by atomic mass is 16.5. The molecule has 0 amide bonds. The first kappa shape index (κ1) is 19.7. The second kappa shape index (κ2) is 11.9. The molecule has 138 valence electrons. The molecule has 24 heavy (non-hydrogen) atoms. The molecule has 0 N–H and O–H groups in total. The van der Waals surface area contributed by atoms with Gasteiger partial charge >= 0.3 is 0 Å². The summed E-state index contributed by atoms with van der Waals surface area (Å²) in [5, 5.41) is 0. The molecule has 0 bridgehead atoms. The molecule has 2 heteroatoms. The van der Waals surface area contributed by atoms with Gasteiger partial charge in [0.1, 0.15) is 0 Å². The van der Waals surface area contributed by atoms with Crippen molar-refractivity contribution < 1.29 is 9.47 Å². The zero-order valence-corrected chi connectivity index (χ0v) is 15.9. The van der Waals surface area contributed by atoms with E-state index in [-0.39, 0.29) is 0 Å². The fraction of sp³-hybridized carbons (Fsp3) is 0.818. The van der Waals surface area contributed by atoms with Crippen molar-refractivity contribution in [1.82, 2.24) is 0 Å². The van der Waals surface area contributed by atoms with Gasteiger partial charge in [-0.3, -0.25) is 0 Å². The van der Waals surface area contributed by atoms with Gasteiger partial charge in [-0.1, -0.05) is 24.3 Å². The maximum Gasteiger partial charge on any atom is 0.0647 e. The van der Waals surface area contributed by atoms with Crippen molar-refractivity contribution in [3.8, 4) is 0 Å². The van der Waals surface area contributed by atoms with Crippen LogP contribution in [0.4, 0.5) is 0 Å². The number of hydrogen-bond donors (Lipinski definition) is 0. The molecule has 0 aliphatic heterocycles. The summed E-state index contributed by atoms with van der Waals surface area (Å²) in [4.78, 5) is 0. The van der Waals surface area contributed by atoms with E-state index < -0.39 is 0 Å². The third-order valence-electron chi connectivity index (χ3n) is 6.06. The summed E-state index contributed by atoms with van der Waals surface area (Å²) in [5.41, 5.74) is 0. The average Bonchev–Trinajstić information content (AvgIpc) is 2.64. The van der Waals surface area contributed by atoms with E-state index in [2.05, 4.69) is 38.2 Å². The topological polar surface area (TPSA) is 18.5 Å². The highest BCUT2D eigenvalue weighted by Gasteiger charge is 2.30. The quantitative estimate of drug-likeness (QED) is 0.393. The Hall–Kier alpha value is -0.600. The first-order chi connectivity index (χ1) is 11.8. The molecule has 0 aromatic heterocycles. The second-order valence-corrected chi connectivity index (χ2v) is 7.77. The Labute approximate surface area is 149 Å². The van der Waals surface area contributed by atoms with Crippen LogP contribution >= 0.6 is 0 Å². The lowest BCUT2D eigenvalue weighted by Crippen LogP contribution is -2.28. The molecule has 0 radical (unpaired) electrons. The van der Waals surface area contributed by atoms with E-state index in [1.165, 1.54) is 51.4 Å². The third kappa shape index (κ3) is 7.11. The molecule has 2 fully saturated rings. The van der Waals surface area contributed by atoms with E-state index in [4.69, 9.17) is 9.47 Å². The van der Waals surface area contributed by atoms with Crippen molar-refractivity contribution >= 4 is 0 Å². The summed E-state index contributed by atoms with van der Waals surface area (Å²) < 4.78 is 11.5. The molecule has 0 saturated heterocycles. The lowest BCUT2D eigenvalue weighted by molar-refractivity contribution is 0.0630. The molecule has 0 atom stereocenters. The summed E-state index contributed by atoms with van der Waals surface area (Å²) in [7, 11) is 0. The molecule has 2 aliphatic carbocycles. The smallest absolute Gasteiger partial charge is 0.0647 e. The van der Waals surface area contributed by atoms with E-state index in [9.17, 15) is 0 Å². The molecule has 2 nitrogen and oxygen atoms in total. The molecule has 2 rings (SSSR count). The molecule has 2 saturated carbocycles. The standard InChI is InChI=1S/C22H38O2/c1-3-5-15-23-17-19-7-11-21(12-8-19)22-13-9-20(10-14-22)18-24-16-6-4-2/h3-6,19-22H,7-18H2,1-2H3/b5-3-,6-4-. The van der Waals surface area contributed by atoms with Crippen LogP contribution in [0.5, 0.6) is 0 Å². The average molecular weight is 335 g/mol. The van der Waals surface area contributed by atoms with Crippen LogP contribution in [0.3, 0.4) is 0 Å². The minimum absolute atomic E-state index is 0.788. The summed E-state index contributed by atoms with van der Waals surface area (Å²) >= 11 is 0. The number of hydrogen-bond acceptors (Lipinski definition) is 2. The zero-order chi connectivity index (χ0) is 17.0. The van der Waals surface area contributed by atoms with Crippen LogP contribution in [0.25, 0.3) is 0 Å². The summed E-state index contributed by atoms with van der Waals surface area (Å²) in [6.45, 7) is 7.61. The van der Waals surface area contributed by atoms with Gasteiger partial charge in [-0.25, -0.2) is 0 Å². The van der Waals surface area contributed by atoms with Gasteiger partial charge in [0.2, 0.25) is 0 Å². The van der Waals surface area contributed by atoms with Crippen molar-refractivity contribution in [3.63, 3.8) is 0 Å². The Morgan fingerprint density at radius 1 is 0.625 bits per heavy atom. The van der Waals surface area contributed by atoms with Crippen molar-refractivity contribution in [3.05, 3.63) is 24.3 Å². The largest absolute Gasteiger partial charge is 0.377 e. The Balaban J connectivity index is 1.57. The van der Waals surface area contributed by atoms with Crippen molar-refractivity contribution in [2.75, 3.05) is 26.4 Å². The summed E-state index contributed by atoms with van der Waals surface area (Å²) in [5.74, 6) is 3.59. The van der Waals surface area contributed by atoms with Crippen molar-refractivity contribution in [1.29, 1.82) is 0 Å². The first-order valence-electron chi connectivity index (χ1n) is 10.2. The molecule has 0 spiro atoms. The minimum Gasteiger partial charge on any atom is -0.377 e. The molecule has 0 aromatic carbocycles. The van der Waals surface area contributed by atoms with Gasteiger partial charge in [0.05, 0.1) is 13.2 Å². The number of ether oxygens (including phenoxy) is 2. The van der Waals surface area contributed by atoms with Gasteiger partial charge in [-0.2, -0.15) is 0 Å². The Morgan fingerprint density at radius 2 is 1.00 bits per heavy atom. The molecule has 0 unspecified atom stereocenters. The highest BCUT2D eigenvalue weighted by Crippen LogP contribution is 2.41. The van der Waals surface area contributed by atoms with Crippen LogP contribution in [-0.4, -0.2) is 26.4 Å². The van der Waals surface area contributed by atoms with E-state index in [0.717, 1.165) is 50.1 Å². The van der Waals surface area contributed by atoms with Crippen molar-refractivity contribution in [2.45, 2.75) is 65.2 Å². The normalized spacial score (nSPS) is 31.9. The third-order valence-corrected chi connectivity index (χ3v) is 6.06.